The molecule has 2 aromatic carbocycles. The van der Waals surface area contributed by atoms with E-state index in [1.807, 2.05) is 42.5 Å². The van der Waals surface area contributed by atoms with Crippen molar-refractivity contribution >= 4 is 16.7 Å². The first-order chi connectivity index (χ1) is 11.1. The number of fused-ring (bicyclic) bond motifs is 1. The van der Waals surface area contributed by atoms with Crippen LogP contribution in [-0.2, 0) is 9.53 Å². The van der Waals surface area contributed by atoms with Gasteiger partial charge in [-0.05, 0) is 22.9 Å². The van der Waals surface area contributed by atoms with E-state index >= 15 is 0 Å². The van der Waals surface area contributed by atoms with Gasteiger partial charge >= 0.3 is 0 Å². The molecule has 0 atom stereocenters. The van der Waals surface area contributed by atoms with Crippen molar-refractivity contribution in [2.24, 2.45) is 0 Å². The lowest BCUT2D eigenvalue weighted by Crippen LogP contribution is -2.47. The highest BCUT2D eigenvalue weighted by atomic mass is 16.5. The number of rotatable bonds is 5. The Bertz CT molecular complexity index is 680. The molecule has 5 heteroatoms. The lowest BCUT2D eigenvalue weighted by Gasteiger charge is -2.32. The predicted octanol–water partition coefficient (Wildman–Crippen LogP) is 1.88. The molecule has 5 nitrogen and oxygen atoms in total. The van der Waals surface area contributed by atoms with Crippen LogP contribution in [0, 0.1) is 0 Å². The summed E-state index contributed by atoms with van der Waals surface area (Å²) in [5, 5.41) is 15.2. The minimum Gasteiger partial charge on any atom is -0.484 e. The first-order valence-electron chi connectivity index (χ1n) is 7.83. The summed E-state index contributed by atoms with van der Waals surface area (Å²) < 4.78 is 10.7. The first kappa shape index (κ1) is 15.8. The topological polar surface area (TPSA) is 67.8 Å². The number of carbonyl (C=O) groups is 1. The summed E-state index contributed by atoms with van der Waals surface area (Å²) in [5.41, 5.74) is -0.864. The molecule has 0 aromatic heterocycles. The van der Waals surface area contributed by atoms with Gasteiger partial charge in [0.2, 0.25) is 0 Å². The maximum absolute atomic E-state index is 11.9. The van der Waals surface area contributed by atoms with Crippen molar-refractivity contribution < 1.29 is 19.4 Å². The highest BCUT2D eigenvalue weighted by Gasteiger charge is 2.30. The SMILES string of the molecule is O=C(COc1ccc2ccccc2c1)NCC1(O)CCOCC1. The molecule has 1 amide bonds. The Hall–Kier alpha value is -2.11. The number of carbonyl (C=O) groups excluding carboxylic acids is 1. The smallest absolute Gasteiger partial charge is 0.258 e. The highest BCUT2D eigenvalue weighted by molar-refractivity contribution is 5.84. The van der Waals surface area contributed by atoms with Crippen LogP contribution in [0.3, 0.4) is 0 Å². The van der Waals surface area contributed by atoms with Gasteiger partial charge in [0, 0.05) is 32.6 Å². The van der Waals surface area contributed by atoms with Crippen molar-refractivity contribution in [2.45, 2.75) is 18.4 Å². The second-order valence-corrected chi connectivity index (χ2v) is 5.91. The molecule has 1 aliphatic rings. The molecule has 3 rings (SSSR count). The number of ether oxygens (including phenoxy) is 2. The van der Waals surface area contributed by atoms with E-state index in [0.717, 1.165) is 10.8 Å². The predicted molar refractivity (Wildman–Crippen MR) is 87.5 cm³/mol. The summed E-state index contributed by atoms with van der Waals surface area (Å²) in [6, 6.07) is 13.7. The standard InChI is InChI=1S/C18H21NO4/c20-17(19-13-18(21)7-9-22-10-8-18)12-23-16-6-5-14-3-1-2-4-15(14)11-16/h1-6,11,21H,7-10,12-13H2,(H,19,20). The molecule has 2 N–H and O–H groups in total. The van der Waals surface area contributed by atoms with Gasteiger partial charge in [0.1, 0.15) is 5.75 Å². The van der Waals surface area contributed by atoms with E-state index in [4.69, 9.17) is 9.47 Å². The number of benzene rings is 2. The second kappa shape index (κ2) is 6.98. The van der Waals surface area contributed by atoms with E-state index in [2.05, 4.69) is 5.32 Å². The normalized spacial score (nSPS) is 16.9. The van der Waals surface area contributed by atoms with Crippen LogP contribution in [0.1, 0.15) is 12.8 Å². The molecule has 23 heavy (non-hydrogen) atoms. The molecule has 0 aliphatic carbocycles. The van der Waals surface area contributed by atoms with E-state index in [-0.39, 0.29) is 19.1 Å². The molecule has 0 bridgehead atoms. The number of hydrogen-bond donors (Lipinski definition) is 2. The fraction of sp³-hybridized carbons (Fsp3) is 0.389. The van der Waals surface area contributed by atoms with Crippen LogP contribution < -0.4 is 10.1 Å². The van der Waals surface area contributed by atoms with E-state index in [9.17, 15) is 9.90 Å². The van der Waals surface area contributed by atoms with Crippen molar-refractivity contribution in [2.75, 3.05) is 26.4 Å². The van der Waals surface area contributed by atoms with Crippen LogP contribution >= 0.6 is 0 Å². The Kier molecular flexibility index (Phi) is 4.79. The maximum Gasteiger partial charge on any atom is 0.258 e. The highest BCUT2D eigenvalue weighted by Crippen LogP contribution is 2.21. The summed E-state index contributed by atoms with van der Waals surface area (Å²) in [6.07, 6.45) is 1.08. The summed E-state index contributed by atoms with van der Waals surface area (Å²) in [7, 11) is 0. The largest absolute Gasteiger partial charge is 0.484 e. The van der Waals surface area contributed by atoms with Gasteiger partial charge in [0.05, 0.1) is 5.60 Å². The van der Waals surface area contributed by atoms with E-state index in [1.54, 1.807) is 0 Å². The first-order valence-corrected chi connectivity index (χ1v) is 7.83. The van der Waals surface area contributed by atoms with Gasteiger partial charge in [0.15, 0.2) is 6.61 Å². The van der Waals surface area contributed by atoms with Crippen molar-refractivity contribution in [1.29, 1.82) is 0 Å². The summed E-state index contributed by atoms with van der Waals surface area (Å²) in [4.78, 5) is 11.9. The van der Waals surface area contributed by atoms with Gasteiger partial charge in [0.25, 0.3) is 5.91 Å². The van der Waals surface area contributed by atoms with Crippen LogP contribution in [-0.4, -0.2) is 43.0 Å². The minimum atomic E-state index is -0.864. The third-order valence-corrected chi connectivity index (χ3v) is 4.13. The molecule has 2 aromatic rings. The Balaban J connectivity index is 1.49. The zero-order valence-electron chi connectivity index (χ0n) is 13.0. The Labute approximate surface area is 135 Å². The molecule has 0 saturated carbocycles. The van der Waals surface area contributed by atoms with Crippen LogP contribution in [0.15, 0.2) is 42.5 Å². The molecular weight excluding hydrogens is 294 g/mol. The van der Waals surface area contributed by atoms with E-state index in [1.165, 1.54) is 0 Å². The van der Waals surface area contributed by atoms with Gasteiger partial charge in [-0.2, -0.15) is 0 Å². The molecule has 0 unspecified atom stereocenters. The van der Waals surface area contributed by atoms with Gasteiger partial charge < -0.3 is 19.9 Å². The number of nitrogens with one attached hydrogen (secondary N) is 1. The zero-order chi connectivity index (χ0) is 16.1. The van der Waals surface area contributed by atoms with Gasteiger partial charge in [-0.15, -0.1) is 0 Å². The average Bonchev–Trinajstić information content (AvgIpc) is 2.59. The van der Waals surface area contributed by atoms with Crippen LogP contribution in [0.5, 0.6) is 5.75 Å². The van der Waals surface area contributed by atoms with Crippen molar-refractivity contribution in [1.82, 2.24) is 5.32 Å². The quantitative estimate of drug-likeness (QED) is 0.884. The molecule has 1 saturated heterocycles. The van der Waals surface area contributed by atoms with E-state index < -0.39 is 5.60 Å². The summed E-state index contributed by atoms with van der Waals surface area (Å²) >= 11 is 0. The summed E-state index contributed by atoms with van der Waals surface area (Å²) in [6.45, 7) is 1.22. The Morgan fingerprint density at radius 2 is 1.91 bits per heavy atom. The zero-order valence-corrected chi connectivity index (χ0v) is 13.0. The van der Waals surface area contributed by atoms with Crippen molar-refractivity contribution in [3.63, 3.8) is 0 Å². The lowest BCUT2D eigenvalue weighted by molar-refractivity contribution is -0.125. The lowest BCUT2D eigenvalue weighted by atomic mass is 9.94. The third-order valence-electron chi connectivity index (χ3n) is 4.13. The van der Waals surface area contributed by atoms with Gasteiger partial charge in [-0.25, -0.2) is 0 Å². The van der Waals surface area contributed by atoms with E-state index in [0.29, 0.717) is 31.8 Å². The number of aliphatic hydroxyl groups is 1. The Morgan fingerprint density at radius 1 is 1.17 bits per heavy atom. The Morgan fingerprint density at radius 3 is 2.70 bits per heavy atom. The fourth-order valence-electron chi connectivity index (χ4n) is 2.65. The minimum absolute atomic E-state index is 0.0646. The fourth-order valence-corrected chi connectivity index (χ4v) is 2.65. The molecule has 1 aliphatic heterocycles. The van der Waals surface area contributed by atoms with Crippen LogP contribution in [0.2, 0.25) is 0 Å². The molecule has 0 spiro atoms. The third kappa shape index (κ3) is 4.21. The molecular formula is C18H21NO4. The molecule has 1 fully saturated rings. The maximum atomic E-state index is 11.9. The van der Waals surface area contributed by atoms with Gasteiger partial charge in [-0.3, -0.25) is 4.79 Å². The average molecular weight is 315 g/mol. The number of hydrogen-bond acceptors (Lipinski definition) is 4. The van der Waals surface area contributed by atoms with Crippen LogP contribution in [0.4, 0.5) is 0 Å². The van der Waals surface area contributed by atoms with Crippen molar-refractivity contribution in [3.05, 3.63) is 42.5 Å². The monoisotopic (exact) mass is 315 g/mol. The molecule has 1 heterocycles. The number of amides is 1. The molecule has 122 valence electrons. The van der Waals surface area contributed by atoms with Crippen LogP contribution in [0.25, 0.3) is 10.8 Å². The van der Waals surface area contributed by atoms with Crippen molar-refractivity contribution in [3.8, 4) is 5.75 Å². The summed E-state index contributed by atoms with van der Waals surface area (Å²) in [5.74, 6) is 0.418. The molecule has 0 radical (unpaired) electrons. The second-order valence-electron chi connectivity index (χ2n) is 5.91. The van der Waals surface area contributed by atoms with Gasteiger partial charge in [-0.1, -0.05) is 30.3 Å².